The second-order valence-electron chi connectivity index (χ2n) is 6.51. The fourth-order valence-corrected chi connectivity index (χ4v) is 3.09. The van der Waals surface area contributed by atoms with Crippen LogP contribution in [0.5, 0.6) is 0 Å². The summed E-state index contributed by atoms with van der Waals surface area (Å²) in [4.78, 5) is 2.46. The summed E-state index contributed by atoms with van der Waals surface area (Å²) in [5.41, 5.74) is 0.864. The monoisotopic (exact) mass is 279 g/mol. The van der Waals surface area contributed by atoms with E-state index in [0.29, 0.717) is 12.5 Å². The first kappa shape index (κ1) is 15.5. The highest BCUT2D eigenvalue weighted by atomic mass is 16.3. The maximum Gasteiger partial charge on any atom is 0.0777 e. The molecular weight excluding hydrogens is 250 g/mol. The molecular formula is C16H29N3O. The van der Waals surface area contributed by atoms with Crippen LogP contribution in [0.4, 0.5) is 0 Å². The minimum Gasteiger partial charge on any atom is -0.391 e. The Kier molecular flexibility index (Phi) is 4.86. The van der Waals surface area contributed by atoms with Gasteiger partial charge in [0.15, 0.2) is 0 Å². The summed E-state index contributed by atoms with van der Waals surface area (Å²) in [6.07, 6.45) is 5.76. The molecule has 1 aromatic rings. The number of aliphatic hydroxyl groups excluding tert-OH is 1. The van der Waals surface area contributed by atoms with E-state index >= 15 is 0 Å². The molecule has 2 unspecified atom stereocenters. The van der Waals surface area contributed by atoms with Crippen molar-refractivity contribution in [2.45, 2.75) is 71.1 Å². The first-order chi connectivity index (χ1) is 9.47. The van der Waals surface area contributed by atoms with E-state index in [0.717, 1.165) is 25.2 Å². The standard InChI is InChI=1S/C16H29N3O/c1-5-16(4,18-9-6-7-10-18)15(20)12-14-8-11-19(17-14)13(2)3/h8,11,13,15,20H,5-7,9-10,12H2,1-4H3. The Hall–Kier alpha value is -0.870. The van der Waals surface area contributed by atoms with Crippen LogP contribution in [0.15, 0.2) is 12.3 Å². The van der Waals surface area contributed by atoms with E-state index in [1.54, 1.807) is 0 Å². The van der Waals surface area contributed by atoms with E-state index < -0.39 is 0 Å². The number of hydrogen-bond acceptors (Lipinski definition) is 3. The van der Waals surface area contributed by atoms with E-state index in [9.17, 15) is 5.11 Å². The zero-order valence-corrected chi connectivity index (χ0v) is 13.3. The van der Waals surface area contributed by atoms with Crippen molar-refractivity contribution in [1.82, 2.24) is 14.7 Å². The van der Waals surface area contributed by atoms with Gasteiger partial charge in [-0.15, -0.1) is 0 Å². The van der Waals surface area contributed by atoms with Crippen LogP contribution >= 0.6 is 0 Å². The molecule has 0 spiro atoms. The van der Waals surface area contributed by atoms with Crippen molar-refractivity contribution >= 4 is 0 Å². The fraction of sp³-hybridized carbons (Fsp3) is 0.812. The molecule has 0 saturated carbocycles. The minimum absolute atomic E-state index is 0.127. The van der Waals surface area contributed by atoms with Crippen LogP contribution < -0.4 is 0 Å². The van der Waals surface area contributed by atoms with Gasteiger partial charge in [-0.3, -0.25) is 9.58 Å². The SMILES string of the molecule is CCC(C)(C(O)Cc1ccn(C(C)C)n1)N1CCCC1. The predicted octanol–water partition coefficient (Wildman–Crippen LogP) is 2.63. The quantitative estimate of drug-likeness (QED) is 0.870. The van der Waals surface area contributed by atoms with Crippen LogP contribution in [0.3, 0.4) is 0 Å². The molecule has 1 aromatic heterocycles. The van der Waals surface area contributed by atoms with Gasteiger partial charge >= 0.3 is 0 Å². The molecule has 1 N–H and O–H groups in total. The summed E-state index contributed by atoms with van der Waals surface area (Å²) >= 11 is 0. The summed E-state index contributed by atoms with van der Waals surface area (Å²) < 4.78 is 1.96. The van der Waals surface area contributed by atoms with Crippen molar-refractivity contribution in [1.29, 1.82) is 0 Å². The van der Waals surface area contributed by atoms with E-state index in [1.165, 1.54) is 12.8 Å². The Morgan fingerprint density at radius 3 is 2.50 bits per heavy atom. The normalized spacial score (nSPS) is 21.3. The second-order valence-corrected chi connectivity index (χ2v) is 6.51. The minimum atomic E-state index is -0.360. The third kappa shape index (κ3) is 3.07. The molecule has 0 amide bonds. The van der Waals surface area contributed by atoms with Crippen LogP contribution in [0.2, 0.25) is 0 Å². The molecule has 4 nitrogen and oxygen atoms in total. The van der Waals surface area contributed by atoms with Gasteiger partial charge in [-0.25, -0.2) is 0 Å². The zero-order chi connectivity index (χ0) is 14.8. The smallest absolute Gasteiger partial charge is 0.0777 e. The van der Waals surface area contributed by atoms with Gasteiger partial charge < -0.3 is 5.11 Å². The van der Waals surface area contributed by atoms with Crippen molar-refractivity contribution in [3.8, 4) is 0 Å². The predicted molar refractivity (Wildman–Crippen MR) is 81.8 cm³/mol. The number of likely N-dealkylation sites (tertiary alicyclic amines) is 1. The number of rotatable bonds is 6. The Labute approximate surface area is 122 Å². The van der Waals surface area contributed by atoms with E-state index in [1.807, 2.05) is 16.9 Å². The Balaban J connectivity index is 2.06. The molecule has 1 aliphatic heterocycles. The average Bonchev–Trinajstić information content (AvgIpc) is 3.08. The molecule has 2 heterocycles. The van der Waals surface area contributed by atoms with Crippen LogP contribution in [-0.4, -0.2) is 44.5 Å². The first-order valence-corrected chi connectivity index (χ1v) is 7.94. The summed E-state index contributed by atoms with van der Waals surface area (Å²) in [5.74, 6) is 0. The van der Waals surface area contributed by atoms with Gasteiger partial charge in [0.25, 0.3) is 0 Å². The van der Waals surface area contributed by atoms with Gasteiger partial charge in [0, 0.05) is 24.2 Å². The molecule has 1 saturated heterocycles. The van der Waals surface area contributed by atoms with Gasteiger partial charge in [-0.1, -0.05) is 6.92 Å². The third-order valence-corrected chi connectivity index (χ3v) is 4.86. The lowest BCUT2D eigenvalue weighted by molar-refractivity contribution is -0.0122. The van der Waals surface area contributed by atoms with Crippen molar-refractivity contribution in [3.63, 3.8) is 0 Å². The highest BCUT2D eigenvalue weighted by Gasteiger charge is 2.38. The summed E-state index contributed by atoms with van der Waals surface area (Å²) in [6.45, 7) is 10.8. The Morgan fingerprint density at radius 1 is 1.35 bits per heavy atom. The zero-order valence-electron chi connectivity index (χ0n) is 13.3. The molecule has 1 aliphatic rings. The molecule has 20 heavy (non-hydrogen) atoms. The number of aromatic nitrogens is 2. The number of nitrogens with zero attached hydrogens (tertiary/aromatic N) is 3. The molecule has 4 heteroatoms. The molecule has 0 aromatic carbocycles. The van der Waals surface area contributed by atoms with Gasteiger partial charge in [0.05, 0.1) is 11.8 Å². The Morgan fingerprint density at radius 2 is 2.00 bits per heavy atom. The molecule has 0 radical (unpaired) electrons. The van der Waals surface area contributed by atoms with Crippen LogP contribution in [0.25, 0.3) is 0 Å². The van der Waals surface area contributed by atoms with Crippen LogP contribution in [0.1, 0.15) is 58.7 Å². The largest absolute Gasteiger partial charge is 0.391 e. The number of hydrogen-bond donors (Lipinski definition) is 1. The van der Waals surface area contributed by atoms with Gasteiger partial charge in [0.2, 0.25) is 0 Å². The van der Waals surface area contributed by atoms with E-state index in [-0.39, 0.29) is 11.6 Å². The highest BCUT2D eigenvalue weighted by Crippen LogP contribution is 2.29. The molecule has 2 atom stereocenters. The lowest BCUT2D eigenvalue weighted by Crippen LogP contribution is -2.53. The molecule has 1 fully saturated rings. The van der Waals surface area contributed by atoms with E-state index in [4.69, 9.17) is 0 Å². The molecule has 114 valence electrons. The maximum absolute atomic E-state index is 10.7. The third-order valence-electron chi connectivity index (χ3n) is 4.86. The summed E-state index contributed by atoms with van der Waals surface area (Å²) in [7, 11) is 0. The first-order valence-electron chi connectivity index (χ1n) is 7.94. The Bertz CT molecular complexity index is 423. The topological polar surface area (TPSA) is 41.3 Å². The second kappa shape index (κ2) is 6.27. The average molecular weight is 279 g/mol. The highest BCUT2D eigenvalue weighted by molar-refractivity contribution is 5.05. The van der Waals surface area contributed by atoms with Crippen LogP contribution in [0, 0.1) is 0 Å². The molecule has 0 bridgehead atoms. The lowest BCUT2D eigenvalue weighted by atomic mass is 9.87. The lowest BCUT2D eigenvalue weighted by Gasteiger charge is -2.42. The fourth-order valence-electron chi connectivity index (χ4n) is 3.09. The molecule has 0 aliphatic carbocycles. The summed E-state index contributed by atoms with van der Waals surface area (Å²) in [6, 6.07) is 2.40. The van der Waals surface area contributed by atoms with Gasteiger partial charge in [-0.05, 0) is 59.2 Å². The van der Waals surface area contributed by atoms with Crippen LogP contribution in [-0.2, 0) is 6.42 Å². The van der Waals surface area contributed by atoms with Crippen molar-refractivity contribution in [2.24, 2.45) is 0 Å². The maximum atomic E-state index is 10.7. The van der Waals surface area contributed by atoms with Crippen molar-refractivity contribution in [3.05, 3.63) is 18.0 Å². The number of aliphatic hydroxyl groups is 1. The van der Waals surface area contributed by atoms with Crippen molar-refractivity contribution in [2.75, 3.05) is 13.1 Å². The molecule has 2 rings (SSSR count). The van der Waals surface area contributed by atoms with Gasteiger partial charge in [0.1, 0.15) is 0 Å². The van der Waals surface area contributed by atoms with Gasteiger partial charge in [-0.2, -0.15) is 5.10 Å². The van der Waals surface area contributed by atoms with E-state index in [2.05, 4.69) is 37.7 Å². The summed E-state index contributed by atoms with van der Waals surface area (Å²) in [5, 5.41) is 15.3. The van der Waals surface area contributed by atoms with Crippen molar-refractivity contribution < 1.29 is 5.11 Å².